The van der Waals surface area contributed by atoms with Crippen LogP contribution in [0, 0.1) is 0 Å². The molecule has 1 rings (SSSR count). The Bertz CT molecular complexity index is 111. The summed E-state index contributed by atoms with van der Waals surface area (Å²) >= 11 is 1.26. The Labute approximate surface area is 47.1 Å². The van der Waals surface area contributed by atoms with Crippen molar-refractivity contribution in [3.05, 3.63) is 17.9 Å². The molecule has 1 heterocycles. The van der Waals surface area contributed by atoms with Gasteiger partial charge in [0.2, 0.25) is 0 Å². The highest BCUT2D eigenvalue weighted by atomic mass is 31.0. The number of hydrogen-bond donors (Lipinski definition) is 0. The van der Waals surface area contributed by atoms with Crippen LogP contribution in [0.3, 0.4) is 0 Å². The maximum absolute atomic E-state index is 2.22. The second-order valence-electron chi connectivity index (χ2n) is 1.35. The molecule has 0 aliphatic carbocycles. The van der Waals surface area contributed by atoms with Crippen molar-refractivity contribution in [3.8, 4) is 0 Å². The van der Waals surface area contributed by atoms with Crippen LogP contribution < -0.4 is 4.16 Å². The molecule has 6 heavy (non-hydrogen) atoms. The van der Waals surface area contributed by atoms with E-state index >= 15 is 0 Å². The maximum atomic E-state index is 2.22. The summed E-state index contributed by atoms with van der Waals surface area (Å²) in [6, 6.07) is 4.35. The van der Waals surface area contributed by atoms with Crippen molar-refractivity contribution in [2.75, 3.05) is 0 Å². The lowest BCUT2D eigenvalue weighted by atomic mass is 10.7. The minimum atomic E-state index is 1.02. The fourth-order valence-electron chi connectivity index (χ4n) is 0.420. The van der Waals surface area contributed by atoms with Gasteiger partial charge in [0.05, 0.1) is 0 Å². The summed E-state index contributed by atoms with van der Waals surface area (Å²) in [7, 11) is 1.02. The smallest absolute Gasteiger partial charge is 0.154 e. The van der Waals surface area contributed by atoms with E-state index in [9.17, 15) is 0 Å². The molecule has 1 aromatic heterocycles. The molecule has 1 unspecified atom stereocenters. The first-order valence-corrected chi connectivity index (χ1v) is 4.07. The van der Waals surface area contributed by atoms with E-state index in [-0.39, 0.29) is 0 Å². The van der Waals surface area contributed by atoms with Gasteiger partial charge in [-0.25, -0.2) is 0 Å². The van der Waals surface area contributed by atoms with Crippen molar-refractivity contribution in [3.63, 3.8) is 0 Å². The van der Waals surface area contributed by atoms with Gasteiger partial charge < -0.3 is 0 Å². The van der Waals surface area contributed by atoms with Crippen molar-refractivity contribution in [2.45, 2.75) is 0 Å². The van der Waals surface area contributed by atoms with Crippen molar-refractivity contribution >= 4 is 28.6 Å². The average Bonchev–Trinajstić information content (AvgIpc) is 1.86. The lowest BCUT2D eigenvalue weighted by Gasteiger charge is -1.67. The molecule has 0 nitrogen and oxygen atoms in total. The van der Waals surface area contributed by atoms with Crippen LogP contribution >= 0.6 is 8.19 Å². The van der Waals surface area contributed by atoms with Crippen LogP contribution in [-0.2, 0) is 0 Å². The predicted molar refractivity (Wildman–Crippen MR) is 34.1 cm³/mol. The molecule has 0 N–H and O–H groups in total. The summed E-state index contributed by atoms with van der Waals surface area (Å²) in [6.45, 7) is 0. The van der Waals surface area contributed by atoms with Gasteiger partial charge in [0.15, 0.2) is 0 Å². The van der Waals surface area contributed by atoms with E-state index in [0.717, 1.165) is 8.19 Å². The molecule has 0 bridgehead atoms. The summed E-state index contributed by atoms with van der Waals surface area (Å²) in [5, 5.41) is 0. The van der Waals surface area contributed by atoms with Crippen LogP contribution in [-0.4, -0.2) is 16.3 Å². The standard InChI is InChI=1S/C4H4P.Al.2H/c1-2-4-5-3-1;;;/h1-3,5H;;;. The van der Waals surface area contributed by atoms with Crippen LogP contribution in [0.25, 0.3) is 0 Å². The highest BCUT2D eigenvalue weighted by molar-refractivity contribution is 7.36. The SMILES string of the molecule is [AlH2][c]1ccc[pH]1. The fraction of sp³-hybridized carbons (Fsp3) is 0. The largest absolute Gasteiger partial charge is 0.265 e. The molecule has 0 aliphatic heterocycles. The minimum Gasteiger partial charge on any atom is -0.154 e. The van der Waals surface area contributed by atoms with E-state index in [1.54, 1.807) is 4.16 Å². The van der Waals surface area contributed by atoms with Crippen molar-refractivity contribution in [2.24, 2.45) is 0 Å². The molecule has 1 aromatic rings. The molecule has 2 heteroatoms. The van der Waals surface area contributed by atoms with Gasteiger partial charge in [-0.2, -0.15) is 8.19 Å². The van der Waals surface area contributed by atoms with Gasteiger partial charge >= 0.3 is 0 Å². The van der Waals surface area contributed by atoms with Gasteiger partial charge in [0.1, 0.15) is 0 Å². The molecule has 0 saturated heterocycles. The third-order valence-electron chi connectivity index (χ3n) is 0.753. The topological polar surface area (TPSA) is 0 Å². The number of rotatable bonds is 0. The highest BCUT2D eigenvalue weighted by Crippen LogP contribution is 1.95. The normalized spacial score (nSPS) is 10.0. The zero-order chi connectivity index (χ0) is 4.41. The second-order valence-corrected chi connectivity index (χ2v) is 4.84. The van der Waals surface area contributed by atoms with Crippen LogP contribution in [0.15, 0.2) is 17.9 Å². The van der Waals surface area contributed by atoms with E-state index in [0.29, 0.717) is 0 Å². The molecule has 0 amide bonds. The number of hydrogen-bond acceptors (Lipinski definition) is 0. The van der Waals surface area contributed by atoms with Gasteiger partial charge in [-0.3, -0.25) is 0 Å². The summed E-state index contributed by atoms with van der Waals surface area (Å²) in [5.74, 6) is 2.22. The minimum absolute atomic E-state index is 1.02. The Morgan fingerprint density at radius 3 is 2.67 bits per heavy atom. The van der Waals surface area contributed by atoms with E-state index in [4.69, 9.17) is 0 Å². The molecule has 0 aliphatic rings. The molecule has 1 atom stereocenters. The van der Waals surface area contributed by atoms with Crippen LogP contribution in [0.5, 0.6) is 0 Å². The molecule has 30 valence electrons. The Kier molecular flexibility index (Phi) is 1.38. The van der Waals surface area contributed by atoms with Gasteiger partial charge in [-0.1, -0.05) is 12.1 Å². The van der Waals surface area contributed by atoms with Crippen LogP contribution in [0.1, 0.15) is 0 Å². The first kappa shape index (κ1) is 4.47. The molecule has 0 fully saturated rings. The Morgan fingerprint density at radius 2 is 2.50 bits per heavy atom. The molecule has 0 radical (unpaired) electrons. The first-order valence-electron chi connectivity index (χ1n) is 1.99. The molecule has 0 aromatic carbocycles. The molecule has 0 spiro atoms. The maximum Gasteiger partial charge on any atom is 0.265 e. The molecular weight excluding hydrogens is 106 g/mol. The predicted octanol–water partition coefficient (Wildman–Crippen LogP) is -0.0237. The van der Waals surface area contributed by atoms with E-state index in [1.807, 2.05) is 0 Å². The van der Waals surface area contributed by atoms with Crippen molar-refractivity contribution in [1.29, 1.82) is 0 Å². The third kappa shape index (κ3) is 0.885. The fourth-order valence-corrected chi connectivity index (χ4v) is 1.76. The average molecular weight is 112 g/mol. The Balaban J connectivity index is 3.05. The van der Waals surface area contributed by atoms with Crippen LogP contribution in [0.2, 0.25) is 0 Å². The summed E-state index contributed by atoms with van der Waals surface area (Å²) in [4.78, 5) is 0. The zero-order valence-corrected chi connectivity index (χ0v) is 6.73. The van der Waals surface area contributed by atoms with Gasteiger partial charge in [0, 0.05) is 0 Å². The quantitative estimate of drug-likeness (QED) is 0.413. The van der Waals surface area contributed by atoms with E-state index in [1.165, 1.54) is 16.3 Å². The highest BCUT2D eigenvalue weighted by Gasteiger charge is 1.73. The van der Waals surface area contributed by atoms with Crippen molar-refractivity contribution in [1.82, 2.24) is 0 Å². The zero-order valence-electron chi connectivity index (χ0n) is 3.73. The first-order chi connectivity index (χ1) is 2.89. The van der Waals surface area contributed by atoms with E-state index < -0.39 is 0 Å². The third-order valence-corrected chi connectivity index (χ3v) is 2.93. The summed E-state index contributed by atoms with van der Waals surface area (Å²) < 4.78 is 1.63. The van der Waals surface area contributed by atoms with Crippen molar-refractivity contribution < 1.29 is 0 Å². The summed E-state index contributed by atoms with van der Waals surface area (Å²) in [5.41, 5.74) is 0. The lowest BCUT2D eigenvalue weighted by Crippen LogP contribution is -1.86. The molecule has 0 saturated carbocycles. The molecular formula is C4H6AlP. The van der Waals surface area contributed by atoms with Gasteiger partial charge in [0.25, 0.3) is 16.3 Å². The second kappa shape index (κ2) is 1.85. The van der Waals surface area contributed by atoms with E-state index in [2.05, 4.69) is 17.9 Å². The Morgan fingerprint density at radius 1 is 1.67 bits per heavy atom. The Hall–Kier alpha value is 0.312. The van der Waals surface area contributed by atoms with Gasteiger partial charge in [-0.15, -0.1) is 4.16 Å². The summed E-state index contributed by atoms with van der Waals surface area (Å²) in [6.07, 6.45) is 0. The van der Waals surface area contributed by atoms with Crippen LogP contribution in [0.4, 0.5) is 0 Å². The van der Waals surface area contributed by atoms with Gasteiger partial charge in [-0.05, 0) is 5.80 Å². The lowest BCUT2D eigenvalue weighted by molar-refractivity contribution is 2.07. The monoisotopic (exact) mass is 112 g/mol.